The summed E-state index contributed by atoms with van der Waals surface area (Å²) in [5.74, 6) is -1.99. The van der Waals surface area contributed by atoms with Gasteiger partial charge in [0.15, 0.2) is 0 Å². The minimum Gasteiger partial charge on any atom is -0.465 e. The minimum atomic E-state index is -2.55. The first-order chi connectivity index (χ1) is 7.02. The van der Waals surface area contributed by atoms with Crippen molar-refractivity contribution in [2.45, 2.75) is 39.0 Å². The molecule has 0 rings (SSSR count). The smallest absolute Gasteiger partial charge is 0.315 e. The van der Waals surface area contributed by atoms with E-state index in [1.165, 1.54) is 18.7 Å². The SMILES string of the molecule is CCOC(=O)CSCCCC(F)(F)CC. The van der Waals surface area contributed by atoms with Crippen molar-refractivity contribution in [2.75, 3.05) is 18.1 Å². The molecule has 0 saturated heterocycles. The molecular formula is C10H18F2O2S. The lowest BCUT2D eigenvalue weighted by atomic mass is 10.1. The van der Waals surface area contributed by atoms with Crippen LogP contribution < -0.4 is 0 Å². The van der Waals surface area contributed by atoms with Crippen molar-refractivity contribution in [1.82, 2.24) is 0 Å². The number of hydrogen-bond acceptors (Lipinski definition) is 3. The van der Waals surface area contributed by atoms with Gasteiger partial charge < -0.3 is 4.74 Å². The molecule has 0 aromatic rings. The zero-order chi connectivity index (χ0) is 11.7. The molecule has 0 fully saturated rings. The molecular weight excluding hydrogens is 222 g/mol. The Morgan fingerprint density at radius 3 is 2.60 bits per heavy atom. The Balaban J connectivity index is 3.36. The lowest BCUT2D eigenvalue weighted by Crippen LogP contribution is -2.14. The molecule has 0 radical (unpaired) electrons. The molecule has 5 heteroatoms. The molecule has 0 atom stereocenters. The zero-order valence-electron chi connectivity index (χ0n) is 9.22. The van der Waals surface area contributed by atoms with Gasteiger partial charge in [0, 0.05) is 12.8 Å². The van der Waals surface area contributed by atoms with Gasteiger partial charge in [0.25, 0.3) is 0 Å². The number of hydrogen-bond donors (Lipinski definition) is 0. The first-order valence-electron chi connectivity index (χ1n) is 5.13. The van der Waals surface area contributed by atoms with Crippen LogP contribution >= 0.6 is 11.8 Å². The maximum absolute atomic E-state index is 12.8. The number of alkyl halides is 2. The molecule has 0 aliphatic carbocycles. The van der Waals surface area contributed by atoms with Crippen molar-refractivity contribution in [3.05, 3.63) is 0 Å². The van der Waals surface area contributed by atoms with Gasteiger partial charge in [0.05, 0.1) is 12.4 Å². The summed E-state index contributed by atoms with van der Waals surface area (Å²) in [6, 6.07) is 0. The molecule has 0 bridgehead atoms. The van der Waals surface area contributed by atoms with Gasteiger partial charge in [0.2, 0.25) is 5.92 Å². The van der Waals surface area contributed by atoms with Gasteiger partial charge in [0.1, 0.15) is 0 Å². The summed E-state index contributed by atoms with van der Waals surface area (Å²) in [7, 11) is 0. The van der Waals surface area contributed by atoms with E-state index in [2.05, 4.69) is 0 Å². The quantitative estimate of drug-likeness (QED) is 0.481. The zero-order valence-corrected chi connectivity index (χ0v) is 10.0. The Morgan fingerprint density at radius 2 is 2.07 bits per heavy atom. The monoisotopic (exact) mass is 240 g/mol. The molecule has 0 unspecified atom stereocenters. The Hall–Kier alpha value is -0.320. The summed E-state index contributed by atoms with van der Waals surface area (Å²) < 4.78 is 30.2. The molecule has 0 aromatic carbocycles. The van der Waals surface area contributed by atoms with E-state index >= 15 is 0 Å². The molecule has 0 saturated carbocycles. The number of thioether (sulfide) groups is 1. The van der Waals surface area contributed by atoms with Crippen molar-refractivity contribution in [1.29, 1.82) is 0 Å². The van der Waals surface area contributed by atoms with E-state index in [-0.39, 0.29) is 24.6 Å². The average molecular weight is 240 g/mol. The fraction of sp³-hybridized carbons (Fsp3) is 0.900. The van der Waals surface area contributed by atoms with Crippen LogP contribution in [0.4, 0.5) is 8.78 Å². The third-order valence-corrected chi connectivity index (χ3v) is 2.89. The van der Waals surface area contributed by atoms with E-state index in [9.17, 15) is 13.6 Å². The van der Waals surface area contributed by atoms with Crippen molar-refractivity contribution in [3.63, 3.8) is 0 Å². The number of esters is 1. The van der Waals surface area contributed by atoms with Crippen LogP contribution in [0.3, 0.4) is 0 Å². The molecule has 15 heavy (non-hydrogen) atoms. The molecule has 0 aliphatic heterocycles. The number of carbonyl (C=O) groups is 1. The fourth-order valence-electron chi connectivity index (χ4n) is 0.968. The third kappa shape index (κ3) is 8.66. The second-order valence-electron chi connectivity index (χ2n) is 3.17. The maximum atomic E-state index is 12.8. The largest absolute Gasteiger partial charge is 0.465 e. The van der Waals surface area contributed by atoms with Gasteiger partial charge in [-0.05, 0) is 19.1 Å². The Labute approximate surface area is 93.8 Å². The van der Waals surface area contributed by atoms with Gasteiger partial charge in [-0.3, -0.25) is 4.79 Å². The molecule has 90 valence electrons. The van der Waals surface area contributed by atoms with Crippen LogP contribution in [0.15, 0.2) is 0 Å². The van der Waals surface area contributed by atoms with Crippen molar-refractivity contribution < 1.29 is 18.3 Å². The number of ether oxygens (including phenoxy) is 1. The molecule has 0 amide bonds. The van der Waals surface area contributed by atoms with E-state index in [1.54, 1.807) is 6.92 Å². The van der Waals surface area contributed by atoms with Crippen LogP contribution in [0.25, 0.3) is 0 Å². The highest BCUT2D eigenvalue weighted by Gasteiger charge is 2.24. The molecule has 0 aliphatic rings. The summed E-state index contributed by atoms with van der Waals surface area (Å²) in [4.78, 5) is 10.9. The van der Waals surface area contributed by atoms with Crippen LogP contribution in [0.5, 0.6) is 0 Å². The Morgan fingerprint density at radius 1 is 1.40 bits per heavy atom. The lowest BCUT2D eigenvalue weighted by Gasteiger charge is -2.12. The first kappa shape index (κ1) is 14.7. The summed E-state index contributed by atoms with van der Waals surface area (Å²) in [5.41, 5.74) is 0. The predicted octanol–water partition coefficient (Wildman–Crippen LogP) is 3.11. The van der Waals surface area contributed by atoms with E-state index < -0.39 is 5.92 Å². The van der Waals surface area contributed by atoms with E-state index in [4.69, 9.17) is 4.74 Å². The highest BCUT2D eigenvalue weighted by Crippen LogP contribution is 2.24. The molecule has 0 aromatic heterocycles. The van der Waals surface area contributed by atoms with Crippen LogP contribution in [-0.4, -0.2) is 30.0 Å². The van der Waals surface area contributed by atoms with Crippen molar-refractivity contribution >= 4 is 17.7 Å². The summed E-state index contributed by atoms with van der Waals surface area (Å²) in [6.07, 6.45) is 0.222. The normalized spacial score (nSPS) is 11.5. The van der Waals surface area contributed by atoms with Gasteiger partial charge in [-0.15, -0.1) is 0 Å². The van der Waals surface area contributed by atoms with Gasteiger partial charge in [-0.2, -0.15) is 11.8 Å². The first-order valence-corrected chi connectivity index (χ1v) is 6.28. The standard InChI is InChI=1S/C10H18F2O2S/c1-3-10(11,12)6-5-7-15-8-9(13)14-4-2/h3-8H2,1-2H3. The lowest BCUT2D eigenvalue weighted by molar-refractivity contribution is -0.139. The van der Waals surface area contributed by atoms with Crippen LogP contribution in [0, 0.1) is 0 Å². The topological polar surface area (TPSA) is 26.3 Å². The van der Waals surface area contributed by atoms with E-state index in [0.717, 1.165) is 0 Å². The van der Waals surface area contributed by atoms with Crippen molar-refractivity contribution in [3.8, 4) is 0 Å². The number of carbonyl (C=O) groups excluding carboxylic acids is 1. The Kier molecular flexibility index (Phi) is 7.74. The maximum Gasteiger partial charge on any atom is 0.315 e. The average Bonchev–Trinajstić information content (AvgIpc) is 2.17. The predicted molar refractivity (Wildman–Crippen MR) is 58.4 cm³/mol. The highest BCUT2D eigenvalue weighted by molar-refractivity contribution is 7.99. The van der Waals surface area contributed by atoms with E-state index in [0.29, 0.717) is 18.8 Å². The second-order valence-corrected chi connectivity index (χ2v) is 4.28. The minimum absolute atomic E-state index is 0.0979. The summed E-state index contributed by atoms with van der Waals surface area (Å²) >= 11 is 1.34. The van der Waals surface area contributed by atoms with Crippen LogP contribution in [0.2, 0.25) is 0 Å². The van der Waals surface area contributed by atoms with Crippen LogP contribution in [-0.2, 0) is 9.53 Å². The van der Waals surface area contributed by atoms with E-state index in [1.807, 2.05) is 0 Å². The second kappa shape index (κ2) is 7.91. The van der Waals surface area contributed by atoms with Crippen molar-refractivity contribution in [2.24, 2.45) is 0 Å². The molecule has 0 N–H and O–H groups in total. The molecule has 0 heterocycles. The summed E-state index contributed by atoms with van der Waals surface area (Å²) in [6.45, 7) is 3.59. The summed E-state index contributed by atoms with van der Waals surface area (Å²) in [5, 5.41) is 0. The number of rotatable bonds is 8. The number of halogens is 2. The Bertz CT molecular complexity index is 186. The fourth-order valence-corrected chi connectivity index (χ4v) is 1.71. The van der Waals surface area contributed by atoms with Gasteiger partial charge in [-0.25, -0.2) is 8.78 Å². The third-order valence-electron chi connectivity index (χ3n) is 1.87. The highest BCUT2D eigenvalue weighted by atomic mass is 32.2. The van der Waals surface area contributed by atoms with Gasteiger partial charge >= 0.3 is 5.97 Å². The molecule has 2 nitrogen and oxygen atoms in total. The molecule has 0 spiro atoms. The van der Waals surface area contributed by atoms with Gasteiger partial charge in [-0.1, -0.05) is 6.92 Å². The van der Waals surface area contributed by atoms with Crippen LogP contribution in [0.1, 0.15) is 33.1 Å².